The van der Waals surface area contributed by atoms with Gasteiger partial charge in [0.1, 0.15) is 11.9 Å². The van der Waals surface area contributed by atoms with Crippen LogP contribution in [0.25, 0.3) is 11.3 Å². The van der Waals surface area contributed by atoms with Crippen LogP contribution in [0.2, 0.25) is 10.0 Å². The Morgan fingerprint density at radius 1 is 1.04 bits per heavy atom. The van der Waals surface area contributed by atoms with Gasteiger partial charge in [-0.2, -0.15) is 5.26 Å². The molecule has 1 heterocycles. The van der Waals surface area contributed by atoms with Gasteiger partial charge in [-0.05, 0) is 42.0 Å². The first-order valence-electron chi connectivity index (χ1n) is 6.59. The van der Waals surface area contributed by atoms with E-state index in [1.54, 1.807) is 30.3 Å². The molecule has 3 rings (SSSR count). The molecular formula is C17H9Cl2FN2S. The summed E-state index contributed by atoms with van der Waals surface area (Å²) in [5.41, 5.74) is 2.12. The Hall–Kier alpha value is -1.93. The molecular weight excluding hydrogens is 354 g/mol. The van der Waals surface area contributed by atoms with Gasteiger partial charge in [0.05, 0.1) is 21.3 Å². The Morgan fingerprint density at radius 3 is 2.43 bits per heavy atom. The largest absolute Gasteiger partial charge is 0.348 e. The van der Waals surface area contributed by atoms with Gasteiger partial charge in [-0.1, -0.05) is 47.1 Å². The number of halogens is 3. The van der Waals surface area contributed by atoms with Crippen LogP contribution in [0.1, 0.15) is 5.56 Å². The second kappa shape index (κ2) is 6.67. The van der Waals surface area contributed by atoms with Crippen molar-refractivity contribution in [1.82, 2.24) is 4.98 Å². The molecule has 0 bridgehead atoms. The summed E-state index contributed by atoms with van der Waals surface area (Å²) in [7, 11) is 0. The van der Waals surface area contributed by atoms with E-state index in [2.05, 4.69) is 11.1 Å². The van der Waals surface area contributed by atoms with Crippen molar-refractivity contribution in [3.63, 3.8) is 0 Å². The summed E-state index contributed by atoms with van der Waals surface area (Å²) in [6.07, 6.45) is 0. The fourth-order valence-corrected chi connectivity index (χ4v) is 3.35. The van der Waals surface area contributed by atoms with E-state index < -0.39 is 5.82 Å². The molecule has 0 aliphatic carbocycles. The van der Waals surface area contributed by atoms with E-state index in [0.717, 1.165) is 21.2 Å². The van der Waals surface area contributed by atoms with E-state index >= 15 is 0 Å². The highest BCUT2D eigenvalue weighted by Gasteiger charge is 2.12. The first-order chi connectivity index (χ1) is 11.1. The van der Waals surface area contributed by atoms with Crippen LogP contribution >= 0.6 is 35.0 Å². The van der Waals surface area contributed by atoms with Crippen molar-refractivity contribution >= 4 is 35.0 Å². The number of H-pyrrole nitrogens is 1. The first kappa shape index (κ1) is 15.9. The van der Waals surface area contributed by atoms with Crippen molar-refractivity contribution in [2.45, 2.75) is 9.92 Å². The quantitative estimate of drug-likeness (QED) is 0.606. The number of aromatic nitrogens is 1. The molecule has 0 amide bonds. The molecule has 0 saturated carbocycles. The van der Waals surface area contributed by atoms with Crippen LogP contribution in [0.5, 0.6) is 0 Å². The maximum absolute atomic E-state index is 13.2. The zero-order chi connectivity index (χ0) is 16.4. The Bertz CT molecular complexity index is 898. The number of benzene rings is 2. The third kappa shape index (κ3) is 3.53. The minimum absolute atomic E-state index is 0.0694. The van der Waals surface area contributed by atoms with Crippen LogP contribution in [0, 0.1) is 17.1 Å². The van der Waals surface area contributed by atoms with Gasteiger partial charge >= 0.3 is 0 Å². The van der Waals surface area contributed by atoms with Crippen LogP contribution in [0.3, 0.4) is 0 Å². The van der Waals surface area contributed by atoms with E-state index in [-0.39, 0.29) is 5.02 Å². The molecule has 1 N–H and O–H groups in total. The Labute approximate surface area is 146 Å². The minimum Gasteiger partial charge on any atom is -0.348 e. The number of hydrogen-bond acceptors (Lipinski definition) is 2. The number of hydrogen-bond donors (Lipinski definition) is 1. The van der Waals surface area contributed by atoms with Crippen molar-refractivity contribution in [3.8, 4) is 17.3 Å². The lowest BCUT2D eigenvalue weighted by Gasteiger charge is -2.01. The van der Waals surface area contributed by atoms with E-state index in [0.29, 0.717) is 10.6 Å². The summed E-state index contributed by atoms with van der Waals surface area (Å²) in [4.78, 5) is 3.99. The molecule has 0 aliphatic heterocycles. The summed E-state index contributed by atoms with van der Waals surface area (Å²) >= 11 is 13.1. The van der Waals surface area contributed by atoms with Crippen LogP contribution in [0.4, 0.5) is 4.39 Å². The molecule has 2 nitrogen and oxygen atoms in total. The number of nitrogens with zero attached hydrogens (tertiary/aromatic N) is 1. The lowest BCUT2D eigenvalue weighted by molar-refractivity contribution is 0.627. The number of nitriles is 1. The van der Waals surface area contributed by atoms with Gasteiger partial charge in [-0.3, -0.25) is 0 Å². The maximum atomic E-state index is 13.2. The number of rotatable bonds is 3. The molecule has 0 fully saturated rings. The molecule has 0 spiro atoms. The lowest BCUT2D eigenvalue weighted by atomic mass is 10.1. The van der Waals surface area contributed by atoms with Crippen molar-refractivity contribution in [2.24, 2.45) is 0 Å². The lowest BCUT2D eigenvalue weighted by Crippen LogP contribution is -1.81. The summed E-state index contributed by atoms with van der Waals surface area (Å²) in [5.74, 6) is -0.456. The molecule has 1 aromatic heterocycles. The third-order valence-corrected chi connectivity index (χ3v) is 4.64. The Morgan fingerprint density at radius 2 is 1.78 bits per heavy atom. The molecule has 0 aliphatic rings. The zero-order valence-corrected chi connectivity index (χ0v) is 13.9. The van der Waals surface area contributed by atoms with Gasteiger partial charge in [0.2, 0.25) is 0 Å². The molecule has 23 heavy (non-hydrogen) atoms. The number of aromatic amines is 1. The van der Waals surface area contributed by atoms with E-state index in [9.17, 15) is 9.65 Å². The van der Waals surface area contributed by atoms with Crippen molar-refractivity contribution in [3.05, 3.63) is 70.0 Å². The second-order valence-electron chi connectivity index (χ2n) is 4.72. The van der Waals surface area contributed by atoms with Gasteiger partial charge in [-0.25, -0.2) is 4.39 Å². The van der Waals surface area contributed by atoms with Gasteiger partial charge in [0.25, 0.3) is 0 Å². The predicted octanol–water partition coefficient (Wildman–Crippen LogP) is 6.15. The third-order valence-electron chi connectivity index (χ3n) is 3.17. The topological polar surface area (TPSA) is 39.6 Å². The zero-order valence-electron chi connectivity index (χ0n) is 11.6. The summed E-state index contributed by atoms with van der Waals surface area (Å²) in [6.45, 7) is 0. The summed E-state index contributed by atoms with van der Waals surface area (Å²) < 4.78 is 13.2. The highest BCUT2D eigenvalue weighted by molar-refractivity contribution is 7.99. The van der Waals surface area contributed by atoms with Crippen molar-refractivity contribution in [1.29, 1.82) is 5.26 Å². The van der Waals surface area contributed by atoms with Crippen LogP contribution in [-0.4, -0.2) is 4.98 Å². The average Bonchev–Trinajstić information content (AvgIpc) is 2.94. The first-order valence-corrected chi connectivity index (χ1v) is 8.16. The molecule has 2 aromatic carbocycles. The predicted molar refractivity (Wildman–Crippen MR) is 91.5 cm³/mol. The molecule has 114 valence electrons. The Kier molecular flexibility index (Phi) is 4.63. The van der Waals surface area contributed by atoms with E-state index in [4.69, 9.17) is 23.2 Å². The number of nitrogens with one attached hydrogen (secondary N) is 1. The van der Waals surface area contributed by atoms with Gasteiger partial charge in [0, 0.05) is 9.92 Å². The SMILES string of the molecule is N#Cc1cc(Sc2ccc(F)c(Cl)c2)[nH]c1-c1ccc(Cl)cc1. The fraction of sp³-hybridized carbons (Fsp3) is 0. The second-order valence-corrected chi connectivity index (χ2v) is 6.68. The monoisotopic (exact) mass is 362 g/mol. The van der Waals surface area contributed by atoms with E-state index in [1.807, 2.05) is 12.1 Å². The molecule has 0 saturated heterocycles. The minimum atomic E-state index is -0.456. The van der Waals surface area contributed by atoms with Crippen molar-refractivity contribution < 1.29 is 4.39 Å². The molecule has 0 atom stereocenters. The van der Waals surface area contributed by atoms with Crippen LogP contribution < -0.4 is 0 Å². The van der Waals surface area contributed by atoms with Crippen LogP contribution in [-0.2, 0) is 0 Å². The van der Waals surface area contributed by atoms with Crippen molar-refractivity contribution in [2.75, 3.05) is 0 Å². The molecule has 6 heteroatoms. The fourth-order valence-electron chi connectivity index (χ4n) is 2.08. The van der Waals surface area contributed by atoms with Crippen LogP contribution in [0.15, 0.2) is 58.5 Å². The average molecular weight is 363 g/mol. The maximum Gasteiger partial charge on any atom is 0.141 e. The highest BCUT2D eigenvalue weighted by Crippen LogP contribution is 2.34. The van der Waals surface area contributed by atoms with Gasteiger partial charge in [-0.15, -0.1) is 0 Å². The van der Waals surface area contributed by atoms with Gasteiger partial charge < -0.3 is 4.98 Å². The smallest absolute Gasteiger partial charge is 0.141 e. The normalized spacial score (nSPS) is 10.5. The molecule has 0 radical (unpaired) electrons. The van der Waals surface area contributed by atoms with Gasteiger partial charge in [0.15, 0.2) is 0 Å². The molecule has 3 aromatic rings. The standard InChI is InChI=1S/C17H9Cl2FN2S/c18-12-3-1-10(2-4-12)17-11(9-21)7-16(22-17)23-13-5-6-15(20)14(19)8-13/h1-8,22H. The van der Waals surface area contributed by atoms with E-state index in [1.165, 1.54) is 17.8 Å². The highest BCUT2D eigenvalue weighted by atomic mass is 35.5. The Balaban J connectivity index is 1.94. The summed E-state index contributed by atoms with van der Waals surface area (Å²) in [5, 5.41) is 10.8. The summed E-state index contributed by atoms with van der Waals surface area (Å²) in [6, 6.07) is 15.7. The molecule has 0 unspecified atom stereocenters.